The predicted octanol–water partition coefficient (Wildman–Crippen LogP) is 8.80. The van der Waals surface area contributed by atoms with Crippen LogP contribution in [-0.2, 0) is 19.1 Å². The molecule has 3 atom stereocenters. The Morgan fingerprint density at radius 2 is 1.17 bits per heavy atom. The van der Waals surface area contributed by atoms with Gasteiger partial charge < -0.3 is 24.8 Å². The number of allylic oxidation sites excluding steroid dienone is 8. The fourth-order valence-electron chi connectivity index (χ4n) is 4.54. The van der Waals surface area contributed by atoms with Crippen molar-refractivity contribution < 1.29 is 34.4 Å². The number of hydrogen-bond donors (Lipinski definition) is 3. The molecule has 0 saturated carbocycles. The summed E-state index contributed by atoms with van der Waals surface area (Å²) in [5, 5.41) is 29.8. The molecule has 0 spiro atoms. The minimum atomic E-state index is -1.04. The molecule has 3 N–H and O–H groups in total. The summed E-state index contributed by atoms with van der Waals surface area (Å²) in [5.41, 5.74) is 0. The topological polar surface area (TPSA) is 113 Å². The summed E-state index contributed by atoms with van der Waals surface area (Å²) in [7, 11) is 0. The molecule has 0 aromatic rings. The van der Waals surface area contributed by atoms with Gasteiger partial charge in [-0.3, -0.25) is 9.59 Å². The maximum Gasteiger partial charge on any atom is 0.305 e. The van der Waals surface area contributed by atoms with E-state index in [-0.39, 0.29) is 25.6 Å². The van der Waals surface area contributed by atoms with E-state index in [1.165, 1.54) is 44.9 Å². The molecular weight excluding hydrogens is 592 g/mol. The molecule has 7 heteroatoms. The van der Waals surface area contributed by atoms with Crippen molar-refractivity contribution >= 4 is 11.9 Å². The van der Waals surface area contributed by atoms with Crippen LogP contribution in [0.2, 0.25) is 0 Å². The first kappa shape index (κ1) is 44.3. The van der Waals surface area contributed by atoms with Crippen LogP contribution in [0.3, 0.4) is 0 Å². The highest BCUT2D eigenvalue weighted by Crippen LogP contribution is 2.13. The molecule has 0 bridgehead atoms. The first-order valence-corrected chi connectivity index (χ1v) is 18.1. The number of esters is 2. The lowest BCUT2D eigenvalue weighted by Gasteiger charge is -2.12. The summed E-state index contributed by atoms with van der Waals surface area (Å²) in [6.07, 6.45) is 36.1. The third-order valence-electron chi connectivity index (χ3n) is 7.31. The SMILES string of the molecule is CC/C=C\C[C@@H](O)/C=C/C=C\C/C=C\C=C\[C@@H](O)/C=C\CCCC(=O)OC[C@@H](O)COC(=O)CCCCCCCCCCCC(C)C. The lowest BCUT2D eigenvalue weighted by Crippen LogP contribution is -2.25. The zero-order chi connectivity index (χ0) is 34.8. The number of carbonyl (C=O) groups excluding carboxylic acids is 2. The number of aliphatic hydroxyl groups is 3. The molecule has 0 heterocycles. The van der Waals surface area contributed by atoms with E-state index in [0.717, 1.165) is 38.0 Å². The van der Waals surface area contributed by atoms with Gasteiger partial charge in [-0.15, -0.1) is 0 Å². The first-order valence-electron chi connectivity index (χ1n) is 18.1. The molecule has 0 unspecified atom stereocenters. The largest absolute Gasteiger partial charge is 0.463 e. The average molecular weight is 659 g/mol. The van der Waals surface area contributed by atoms with Crippen LogP contribution in [0.5, 0.6) is 0 Å². The lowest BCUT2D eigenvalue weighted by atomic mass is 10.0. The van der Waals surface area contributed by atoms with Crippen LogP contribution in [-0.4, -0.2) is 58.8 Å². The minimum Gasteiger partial charge on any atom is -0.463 e. The zero-order valence-corrected chi connectivity index (χ0v) is 29.6. The maximum atomic E-state index is 11.9. The predicted molar refractivity (Wildman–Crippen MR) is 194 cm³/mol. The van der Waals surface area contributed by atoms with Crippen molar-refractivity contribution in [2.45, 2.75) is 148 Å². The zero-order valence-electron chi connectivity index (χ0n) is 29.6. The number of carbonyl (C=O) groups is 2. The van der Waals surface area contributed by atoms with E-state index < -0.39 is 24.3 Å². The Balaban J connectivity index is 3.78. The second-order valence-electron chi connectivity index (χ2n) is 12.5. The number of hydrogen-bond acceptors (Lipinski definition) is 7. The maximum absolute atomic E-state index is 11.9. The number of unbranched alkanes of at least 4 members (excludes halogenated alkanes) is 9. The van der Waals surface area contributed by atoms with E-state index in [2.05, 4.69) is 20.8 Å². The van der Waals surface area contributed by atoms with Crippen LogP contribution >= 0.6 is 0 Å². The van der Waals surface area contributed by atoms with Gasteiger partial charge in [-0.1, -0.05) is 151 Å². The Kier molecular flexibility index (Phi) is 31.2. The van der Waals surface area contributed by atoms with E-state index in [4.69, 9.17) is 9.47 Å². The van der Waals surface area contributed by atoms with Crippen molar-refractivity contribution in [2.24, 2.45) is 5.92 Å². The molecule has 0 rings (SSSR count). The van der Waals surface area contributed by atoms with Gasteiger partial charge in [0.2, 0.25) is 0 Å². The van der Waals surface area contributed by atoms with E-state index in [1.807, 2.05) is 48.6 Å². The van der Waals surface area contributed by atoms with Gasteiger partial charge in [-0.2, -0.15) is 0 Å². The second kappa shape index (κ2) is 33.2. The van der Waals surface area contributed by atoms with E-state index in [0.29, 0.717) is 25.7 Å². The number of rotatable bonds is 30. The van der Waals surface area contributed by atoms with Crippen LogP contribution in [0, 0.1) is 5.92 Å². The Bertz CT molecular complexity index is 929. The molecule has 0 aliphatic carbocycles. The van der Waals surface area contributed by atoms with Crippen LogP contribution in [0.15, 0.2) is 72.9 Å². The highest BCUT2D eigenvalue weighted by molar-refractivity contribution is 5.69. The summed E-state index contributed by atoms with van der Waals surface area (Å²) >= 11 is 0. The smallest absolute Gasteiger partial charge is 0.305 e. The van der Waals surface area contributed by atoms with Crippen molar-refractivity contribution in [3.05, 3.63) is 72.9 Å². The molecule has 0 fully saturated rings. The summed E-state index contributed by atoms with van der Waals surface area (Å²) in [4.78, 5) is 23.8. The van der Waals surface area contributed by atoms with Gasteiger partial charge in [-0.05, 0) is 44.4 Å². The third kappa shape index (κ3) is 34.4. The molecule has 0 radical (unpaired) electrons. The van der Waals surface area contributed by atoms with Crippen molar-refractivity contribution in [3.8, 4) is 0 Å². The Hall–Kier alpha value is -2.74. The van der Waals surface area contributed by atoms with Gasteiger partial charge in [0.05, 0.1) is 12.2 Å². The number of ether oxygens (including phenoxy) is 2. The van der Waals surface area contributed by atoms with Gasteiger partial charge >= 0.3 is 11.9 Å². The third-order valence-corrected chi connectivity index (χ3v) is 7.31. The Morgan fingerprint density at radius 1 is 0.617 bits per heavy atom. The van der Waals surface area contributed by atoms with Crippen LogP contribution in [0.1, 0.15) is 130 Å². The standard InChI is InChI=1S/C40H66O7/c1-4-5-19-27-36(41)28-21-15-11-9-12-16-22-29-37(42)30-23-18-25-32-40(45)47-34-38(43)33-46-39(44)31-24-17-13-8-6-7-10-14-20-26-35(2)3/h5,11-12,15-16,19,21-23,28-30,35-38,41-43H,4,6-10,13-14,17-18,20,24-27,31-34H2,1-3H3/b15-11-,16-12-,19-5-,28-21+,29-22+,30-23-/t36-,37-,38+/m1/s1. The fraction of sp³-hybridized carbons (Fsp3) is 0.650. The quantitative estimate of drug-likeness (QED) is 0.0306. The summed E-state index contributed by atoms with van der Waals surface area (Å²) in [6.45, 7) is 6.23. The molecule has 47 heavy (non-hydrogen) atoms. The van der Waals surface area contributed by atoms with Gasteiger partial charge in [-0.25, -0.2) is 0 Å². The highest BCUT2D eigenvalue weighted by Gasteiger charge is 2.12. The van der Waals surface area contributed by atoms with E-state index in [9.17, 15) is 24.9 Å². The molecule has 0 aliphatic heterocycles. The van der Waals surface area contributed by atoms with Gasteiger partial charge in [0.25, 0.3) is 0 Å². The monoisotopic (exact) mass is 658 g/mol. The molecule has 0 aromatic carbocycles. The minimum absolute atomic E-state index is 0.178. The molecule has 7 nitrogen and oxygen atoms in total. The Labute approximate surface area is 286 Å². The molecule has 0 saturated heterocycles. The van der Waals surface area contributed by atoms with Crippen molar-refractivity contribution in [2.75, 3.05) is 13.2 Å². The molecule has 268 valence electrons. The summed E-state index contributed by atoms with van der Waals surface area (Å²) in [6, 6.07) is 0. The first-order chi connectivity index (χ1) is 22.7. The fourth-order valence-corrected chi connectivity index (χ4v) is 4.54. The van der Waals surface area contributed by atoms with Crippen LogP contribution in [0.25, 0.3) is 0 Å². The highest BCUT2D eigenvalue weighted by atomic mass is 16.6. The average Bonchev–Trinajstić information content (AvgIpc) is 3.04. The van der Waals surface area contributed by atoms with Crippen LogP contribution in [0.4, 0.5) is 0 Å². The van der Waals surface area contributed by atoms with Gasteiger partial charge in [0.15, 0.2) is 0 Å². The molecular formula is C40H66O7. The van der Waals surface area contributed by atoms with Crippen molar-refractivity contribution in [1.82, 2.24) is 0 Å². The molecule has 0 aromatic heterocycles. The molecule has 0 amide bonds. The summed E-state index contributed by atoms with van der Waals surface area (Å²) < 4.78 is 10.2. The van der Waals surface area contributed by atoms with Crippen molar-refractivity contribution in [3.63, 3.8) is 0 Å². The molecule has 0 aliphatic rings. The Morgan fingerprint density at radius 3 is 1.77 bits per heavy atom. The number of aliphatic hydroxyl groups excluding tert-OH is 3. The van der Waals surface area contributed by atoms with Gasteiger partial charge in [0.1, 0.15) is 19.3 Å². The van der Waals surface area contributed by atoms with Crippen LogP contribution < -0.4 is 0 Å². The van der Waals surface area contributed by atoms with E-state index >= 15 is 0 Å². The lowest BCUT2D eigenvalue weighted by molar-refractivity contribution is -0.152. The van der Waals surface area contributed by atoms with Gasteiger partial charge in [0, 0.05) is 12.8 Å². The normalized spacial score (nSPS) is 14.5. The second-order valence-corrected chi connectivity index (χ2v) is 12.5. The van der Waals surface area contributed by atoms with E-state index in [1.54, 1.807) is 24.3 Å². The van der Waals surface area contributed by atoms with Crippen molar-refractivity contribution in [1.29, 1.82) is 0 Å². The summed E-state index contributed by atoms with van der Waals surface area (Å²) in [5.74, 6) is 0.0523.